The van der Waals surface area contributed by atoms with E-state index in [0.29, 0.717) is 16.5 Å². The third-order valence-electron chi connectivity index (χ3n) is 3.90. The van der Waals surface area contributed by atoms with Crippen LogP contribution in [0.25, 0.3) is 11.3 Å². The number of primary sulfonamides is 1. The van der Waals surface area contributed by atoms with Gasteiger partial charge in [0.15, 0.2) is 5.16 Å². The molecule has 0 bridgehead atoms. The number of H-pyrrole nitrogens is 1. The summed E-state index contributed by atoms with van der Waals surface area (Å²) in [6, 6.07) is 16.2. The first kappa shape index (κ1) is 20.8. The van der Waals surface area contributed by atoms with Crippen molar-refractivity contribution in [3.05, 3.63) is 71.0 Å². The predicted molar refractivity (Wildman–Crippen MR) is 112 cm³/mol. The molecule has 3 rings (SSSR count). The van der Waals surface area contributed by atoms with Crippen LogP contribution in [0.15, 0.2) is 75.5 Å². The molecule has 0 spiro atoms. The molecule has 0 fully saturated rings. The first-order chi connectivity index (χ1) is 13.7. The Morgan fingerprint density at radius 1 is 1.14 bits per heavy atom. The molecule has 150 valence electrons. The quantitative estimate of drug-likeness (QED) is 0.405. The smallest absolute Gasteiger partial charge is 0.252 e. The lowest BCUT2D eigenvalue weighted by Crippen LogP contribution is -2.23. The van der Waals surface area contributed by atoms with E-state index < -0.39 is 15.3 Å². The van der Waals surface area contributed by atoms with Crippen LogP contribution < -0.4 is 16.0 Å². The van der Waals surface area contributed by atoms with Gasteiger partial charge in [0.1, 0.15) is 0 Å². The van der Waals surface area contributed by atoms with Crippen molar-refractivity contribution in [3.8, 4) is 11.3 Å². The molecule has 0 aliphatic carbocycles. The van der Waals surface area contributed by atoms with Crippen LogP contribution in [0.5, 0.6) is 0 Å². The summed E-state index contributed by atoms with van der Waals surface area (Å²) in [6.45, 7) is 1.67. The van der Waals surface area contributed by atoms with E-state index in [0.717, 1.165) is 17.3 Å². The number of anilines is 1. The van der Waals surface area contributed by atoms with Gasteiger partial charge in [0.05, 0.1) is 15.8 Å². The van der Waals surface area contributed by atoms with Crippen molar-refractivity contribution in [3.63, 3.8) is 0 Å². The van der Waals surface area contributed by atoms with E-state index in [2.05, 4.69) is 15.3 Å². The summed E-state index contributed by atoms with van der Waals surface area (Å²) in [7, 11) is -3.80. The molecule has 0 radical (unpaired) electrons. The van der Waals surface area contributed by atoms with Gasteiger partial charge < -0.3 is 10.3 Å². The molecule has 0 aliphatic rings. The zero-order chi connectivity index (χ0) is 21.0. The maximum atomic E-state index is 12.4. The number of nitrogens with zero attached hydrogens (tertiary/aromatic N) is 1. The van der Waals surface area contributed by atoms with Gasteiger partial charge in [-0.05, 0) is 31.2 Å². The number of hydrogen-bond donors (Lipinski definition) is 3. The Morgan fingerprint density at radius 2 is 1.79 bits per heavy atom. The van der Waals surface area contributed by atoms with Crippen molar-refractivity contribution >= 4 is 33.4 Å². The molecule has 0 saturated heterocycles. The van der Waals surface area contributed by atoms with E-state index in [9.17, 15) is 18.0 Å². The van der Waals surface area contributed by atoms with E-state index in [1.54, 1.807) is 6.92 Å². The monoisotopic (exact) mass is 430 g/mol. The zero-order valence-corrected chi connectivity index (χ0v) is 17.0. The molecule has 0 aliphatic heterocycles. The molecule has 1 unspecified atom stereocenters. The number of amides is 1. The van der Waals surface area contributed by atoms with Gasteiger partial charge in [0.25, 0.3) is 5.56 Å². The summed E-state index contributed by atoms with van der Waals surface area (Å²) < 4.78 is 22.6. The summed E-state index contributed by atoms with van der Waals surface area (Å²) in [4.78, 5) is 31.4. The average molecular weight is 431 g/mol. The Morgan fingerprint density at radius 3 is 2.41 bits per heavy atom. The predicted octanol–water partition coefficient (Wildman–Crippen LogP) is 2.20. The number of carbonyl (C=O) groups excluding carboxylic acids is 1. The van der Waals surface area contributed by atoms with Gasteiger partial charge >= 0.3 is 0 Å². The molecular weight excluding hydrogens is 412 g/mol. The normalized spacial score (nSPS) is 12.3. The lowest BCUT2D eigenvalue weighted by molar-refractivity contribution is -0.115. The summed E-state index contributed by atoms with van der Waals surface area (Å²) in [5.41, 5.74) is 1.43. The molecule has 1 atom stereocenters. The number of nitrogens with two attached hydrogens (primary N) is 1. The van der Waals surface area contributed by atoms with Crippen LogP contribution in [0.4, 0.5) is 5.69 Å². The molecule has 10 heteroatoms. The summed E-state index contributed by atoms with van der Waals surface area (Å²) >= 11 is 1.11. The molecule has 3 aromatic rings. The Kier molecular flexibility index (Phi) is 6.16. The Bertz CT molecular complexity index is 1180. The third kappa shape index (κ3) is 5.53. The fourth-order valence-electron chi connectivity index (χ4n) is 2.44. The molecule has 29 heavy (non-hydrogen) atoms. The number of thioether (sulfide) groups is 1. The number of aromatic nitrogens is 2. The largest absolute Gasteiger partial charge is 0.325 e. The summed E-state index contributed by atoms with van der Waals surface area (Å²) in [5, 5.41) is 7.50. The SMILES string of the molecule is CC(Sc1nc(-c2ccccc2)cc(=O)[nH]1)C(=O)Nc1ccc(S(N)(=O)=O)cc1. The van der Waals surface area contributed by atoms with E-state index in [1.165, 1.54) is 30.3 Å². The minimum Gasteiger partial charge on any atom is -0.325 e. The fourth-order valence-corrected chi connectivity index (χ4v) is 3.77. The second-order valence-corrected chi connectivity index (χ2v) is 9.01. The highest BCUT2D eigenvalue weighted by Gasteiger charge is 2.17. The van der Waals surface area contributed by atoms with Gasteiger partial charge in [0, 0.05) is 17.3 Å². The second kappa shape index (κ2) is 8.60. The van der Waals surface area contributed by atoms with Crippen LogP contribution in [-0.2, 0) is 14.8 Å². The van der Waals surface area contributed by atoms with Crippen molar-refractivity contribution in [1.82, 2.24) is 9.97 Å². The van der Waals surface area contributed by atoms with Crippen molar-refractivity contribution in [2.75, 3.05) is 5.32 Å². The van der Waals surface area contributed by atoms with Crippen LogP contribution in [0.1, 0.15) is 6.92 Å². The minimum absolute atomic E-state index is 0.0441. The third-order valence-corrected chi connectivity index (χ3v) is 5.81. The summed E-state index contributed by atoms with van der Waals surface area (Å²) in [5.74, 6) is -0.328. The number of nitrogens with one attached hydrogen (secondary N) is 2. The molecule has 2 aromatic carbocycles. The lowest BCUT2D eigenvalue weighted by Gasteiger charge is -2.12. The Hall–Kier alpha value is -2.95. The standard InChI is InChI=1S/C19H18N4O4S2/c1-12(18(25)21-14-7-9-15(10-8-14)29(20,26)27)28-19-22-16(11-17(24)23-19)13-5-3-2-4-6-13/h2-12H,1H3,(H,21,25)(H2,20,26,27)(H,22,23,24). The van der Waals surface area contributed by atoms with Gasteiger partial charge in [-0.25, -0.2) is 18.5 Å². The van der Waals surface area contributed by atoms with Crippen molar-refractivity contribution in [2.45, 2.75) is 22.2 Å². The molecule has 1 aromatic heterocycles. The first-order valence-corrected chi connectivity index (χ1v) is 10.9. The molecular formula is C19H18N4O4S2. The highest BCUT2D eigenvalue weighted by Crippen LogP contribution is 2.23. The lowest BCUT2D eigenvalue weighted by atomic mass is 10.1. The maximum Gasteiger partial charge on any atom is 0.252 e. The van der Waals surface area contributed by atoms with E-state index in [-0.39, 0.29) is 16.4 Å². The topological polar surface area (TPSA) is 135 Å². The Balaban J connectivity index is 1.71. The number of rotatable bonds is 6. The van der Waals surface area contributed by atoms with Crippen molar-refractivity contribution in [1.29, 1.82) is 0 Å². The van der Waals surface area contributed by atoms with Gasteiger partial charge in [-0.15, -0.1) is 0 Å². The number of sulfonamides is 1. The van der Waals surface area contributed by atoms with Crippen LogP contribution >= 0.6 is 11.8 Å². The second-order valence-electron chi connectivity index (χ2n) is 6.12. The van der Waals surface area contributed by atoms with Gasteiger partial charge in [-0.3, -0.25) is 9.59 Å². The van der Waals surface area contributed by atoms with Crippen molar-refractivity contribution < 1.29 is 13.2 Å². The number of aromatic amines is 1. The van der Waals surface area contributed by atoms with E-state index >= 15 is 0 Å². The van der Waals surface area contributed by atoms with Gasteiger partial charge in [-0.2, -0.15) is 0 Å². The van der Waals surface area contributed by atoms with Crippen LogP contribution in [0.3, 0.4) is 0 Å². The van der Waals surface area contributed by atoms with Crippen LogP contribution in [-0.4, -0.2) is 29.5 Å². The average Bonchev–Trinajstić information content (AvgIpc) is 2.68. The maximum absolute atomic E-state index is 12.4. The number of hydrogen-bond acceptors (Lipinski definition) is 6. The summed E-state index contributed by atoms with van der Waals surface area (Å²) in [6.07, 6.45) is 0. The highest BCUT2D eigenvalue weighted by molar-refractivity contribution is 8.00. The Labute approximate surface area is 171 Å². The minimum atomic E-state index is -3.80. The fraction of sp³-hybridized carbons (Fsp3) is 0.105. The van der Waals surface area contributed by atoms with E-state index in [1.807, 2.05) is 30.3 Å². The molecule has 8 nitrogen and oxygen atoms in total. The molecule has 4 N–H and O–H groups in total. The van der Waals surface area contributed by atoms with Gasteiger partial charge in [0.2, 0.25) is 15.9 Å². The molecule has 1 amide bonds. The van der Waals surface area contributed by atoms with E-state index in [4.69, 9.17) is 5.14 Å². The highest BCUT2D eigenvalue weighted by atomic mass is 32.2. The van der Waals surface area contributed by atoms with Gasteiger partial charge in [-0.1, -0.05) is 42.1 Å². The van der Waals surface area contributed by atoms with Crippen LogP contribution in [0, 0.1) is 0 Å². The zero-order valence-electron chi connectivity index (χ0n) is 15.3. The molecule has 1 heterocycles. The number of carbonyl (C=O) groups is 1. The molecule has 0 saturated carbocycles. The van der Waals surface area contributed by atoms with Crippen LogP contribution in [0.2, 0.25) is 0 Å². The van der Waals surface area contributed by atoms with Crippen molar-refractivity contribution in [2.24, 2.45) is 5.14 Å². The number of benzene rings is 2. The first-order valence-electron chi connectivity index (χ1n) is 8.49.